The fraction of sp³-hybridized carbons (Fsp3) is 0.769. The standard InChI is InChI=1S/C13H23N3O3/c1-8-11(9(2)16-15-8)5-14-4-10-6-19-7-12(18-3)13(10)17/h10,12-14,17H,4-7H2,1-3H3,(H,15,16)/t10-,12-,13+/m1/s1. The van der Waals surface area contributed by atoms with E-state index in [1.807, 2.05) is 13.8 Å². The predicted molar refractivity (Wildman–Crippen MR) is 70.9 cm³/mol. The second-order valence-corrected chi connectivity index (χ2v) is 5.11. The number of H-pyrrole nitrogens is 1. The van der Waals surface area contributed by atoms with Gasteiger partial charge in [-0.1, -0.05) is 0 Å². The summed E-state index contributed by atoms with van der Waals surface area (Å²) in [4.78, 5) is 0. The van der Waals surface area contributed by atoms with Gasteiger partial charge in [-0.05, 0) is 13.8 Å². The first-order chi connectivity index (χ1) is 9.13. The first-order valence-electron chi connectivity index (χ1n) is 6.63. The summed E-state index contributed by atoms with van der Waals surface area (Å²) in [5.74, 6) is 0.0613. The van der Waals surface area contributed by atoms with Gasteiger partial charge in [-0.2, -0.15) is 5.10 Å². The van der Waals surface area contributed by atoms with Gasteiger partial charge in [0.05, 0.1) is 25.0 Å². The minimum absolute atomic E-state index is 0.0613. The number of ether oxygens (including phenoxy) is 2. The van der Waals surface area contributed by atoms with Crippen molar-refractivity contribution < 1.29 is 14.6 Å². The second kappa shape index (κ2) is 6.47. The zero-order valence-corrected chi connectivity index (χ0v) is 11.8. The van der Waals surface area contributed by atoms with E-state index in [4.69, 9.17) is 9.47 Å². The predicted octanol–water partition coefficient (Wildman–Crippen LogP) is 0.138. The number of aliphatic hydroxyl groups excluding tert-OH is 1. The Bertz CT molecular complexity index is 388. The number of nitrogens with zero attached hydrogens (tertiary/aromatic N) is 1. The van der Waals surface area contributed by atoms with Crippen LogP contribution in [0.5, 0.6) is 0 Å². The molecule has 19 heavy (non-hydrogen) atoms. The van der Waals surface area contributed by atoms with Crippen LogP contribution in [0.25, 0.3) is 0 Å². The van der Waals surface area contributed by atoms with Gasteiger partial charge >= 0.3 is 0 Å². The highest BCUT2D eigenvalue weighted by Gasteiger charge is 2.32. The van der Waals surface area contributed by atoms with E-state index < -0.39 is 6.10 Å². The number of hydrogen-bond donors (Lipinski definition) is 3. The van der Waals surface area contributed by atoms with Crippen LogP contribution >= 0.6 is 0 Å². The number of hydrogen-bond acceptors (Lipinski definition) is 5. The molecule has 0 saturated carbocycles. The lowest BCUT2D eigenvalue weighted by Crippen LogP contribution is -2.48. The third kappa shape index (κ3) is 3.33. The van der Waals surface area contributed by atoms with Crippen LogP contribution < -0.4 is 5.32 Å². The molecule has 0 spiro atoms. The van der Waals surface area contributed by atoms with Gasteiger partial charge in [0.25, 0.3) is 0 Å². The van der Waals surface area contributed by atoms with Crippen LogP contribution in [-0.4, -0.2) is 54.4 Å². The number of nitrogens with one attached hydrogen (secondary N) is 2. The smallest absolute Gasteiger partial charge is 0.107 e. The van der Waals surface area contributed by atoms with Gasteiger partial charge in [0, 0.05) is 37.4 Å². The van der Waals surface area contributed by atoms with Crippen molar-refractivity contribution in [2.75, 3.05) is 26.9 Å². The number of methoxy groups -OCH3 is 1. The molecule has 1 fully saturated rings. The minimum atomic E-state index is -0.474. The summed E-state index contributed by atoms with van der Waals surface area (Å²) in [6.45, 7) is 6.47. The normalized spacial score (nSPS) is 27.7. The highest BCUT2D eigenvalue weighted by molar-refractivity contribution is 5.22. The Labute approximate surface area is 113 Å². The highest BCUT2D eigenvalue weighted by Crippen LogP contribution is 2.17. The van der Waals surface area contributed by atoms with E-state index >= 15 is 0 Å². The third-order valence-electron chi connectivity index (χ3n) is 3.77. The monoisotopic (exact) mass is 269 g/mol. The molecule has 1 aliphatic heterocycles. The van der Waals surface area contributed by atoms with Crippen LogP contribution in [0.2, 0.25) is 0 Å². The molecule has 0 aromatic carbocycles. The van der Waals surface area contributed by atoms with Crippen molar-refractivity contribution in [1.29, 1.82) is 0 Å². The molecule has 1 saturated heterocycles. The molecule has 3 atom stereocenters. The Morgan fingerprint density at radius 1 is 1.47 bits per heavy atom. The van der Waals surface area contributed by atoms with Gasteiger partial charge in [-0.15, -0.1) is 0 Å². The van der Waals surface area contributed by atoms with Crippen molar-refractivity contribution >= 4 is 0 Å². The first kappa shape index (κ1) is 14.5. The van der Waals surface area contributed by atoms with Crippen molar-refractivity contribution in [2.24, 2.45) is 5.92 Å². The molecule has 0 bridgehead atoms. The van der Waals surface area contributed by atoms with E-state index in [0.717, 1.165) is 17.9 Å². The van der Waals surface area contributed by atoms with Crippen molar-refractivity contribution in [2.45, 2.75) is 32.6 Å². The Balaban J connectivity index is 1.82. The molecule has 108 valence electrons. The zero-order valence-electron chi connectivity index (χ0n) is 11.8. The number of rotatable bonds is 5. The summed E-state index contributed by atoms with van der Waals surface area (Å²) in [7, 11) is 1.60. The Kier molecular flexibility index (Phi) is 4.93. The molecule has 3 N–H and O–H groups in total. The number of aryl methyl sites for hydroxylation is 2. The molecular weight excluding hydrogens is 246 g/mol. The van der Waals surface area contributed by atoms with Gasteiger partial charge in [0.1, 0.15) is 6.10 Å². The molecule has 1 aliphatic rings. The molecule has 1 aromatic heterocycles. The fourth-order valence-corrected chi connectivity index (χ4v) is 2.44. The molecule has 2 heterocycles. The maximum absolute atomic E-state index is 10.1. The van der Waals surface area contributed by atoms with Crippen molar-refractivity contribution in [3.05, 3.63) is 17.0 Å². The quantitative estimate of drug-likeness (QED) is 0.708. The van der Waals surface area contributed by atoms with E-state index in [-0.39, 0.29) is 12.0 Å². The van der Waals surface area contributed by atoms with Crippen LogP contribution in [0, 0.1) is 19.8 Å². The molecule has 0 amide bonds. The van der Waals surface area contributed by atoms with Gasteiger partial charge < -0.3 is 19.9 Å². The Hall–Kier alpha value is -0.950. The average Bonchev–Trinajstić information content (AvgIpc) is 2.72. The van der Waals surface area contributed by atoms with Crippen molar-refractivity contribution in [3.63, 3.8) is 0 Å². The van der Waals surface area contributed by atoms with Crippen LogP contribution in [-0.2, 0) is 16.0 Å². The lowest BCUT2D eigenvalue weighted by Gasteiger charge is -2.33. The van der Waals surface area contributed by atoms with E-state index in [9.17, 15) is 5.11 Å². The van der Waals surface area contributed by atoms with Gasteiger partial charge in [-0.3, -0.25) is 5.10 Å². The molecule has 0 radical (unpaired) electrons. The first-order valence-corrected chi connectivity index (χ1v) is 6.63. The molecule has 2 rings (SSSR count). The summed E-state index contributed by atoms with van der Waals surface area (Å²) in [5, 5.41) is 20.6. The van der Waals surface area contributed by atoms with Crippen LogP contribution in [0.15, 0.2) is 0 Å². The summed E-state index contributed by atoms with van der Waals surface area (Å²) in [6.07, 6.45) is -0.698. The zero-order chi connectivity index (χ0) is 13.8. The summed E-state index contributed by atoms with van der Waals surface area (Å²) in [6, 6.07) is 0. The van der Waals surface area contributed by atoms with E-state index in [0.29, 0.717) is 19.8 Å². The van der Waals surface area contributed by atoms with Crippen molar-refractivity contribution in [1.82, 2.24) is 15.5 Å². The van der Waals surface area contributed by atoms with Gasteiger partial charge in [-0.25, -0.2) is 0 Å². The fourth-order valence-electron chi connectivity index (χ4n) is 2.44. The molecular formula is C13H23N3O3. The summed E-state index contributed by atoms with van der Waals surface area (Å²) < 4.78 is 10.7. The van der Waals surface area contributed by atoms with Crippen molar-refractivity contribution in [3.8, 4) is 0 Å². The van der Waals surface area contributed by atoms with E-state index in [1.165, 1.54) is 5.56 Å². The van der Waals surface area contributed by atoms with Crippen LogP contribution in [0.1, 0.15) is 17.0 Å². The number of aromatic amines is 1. The molecule has 0 unspecified atom stereocenters. The van der Waals surface area contributed by atoms with Gasteiger partial charge in [0.15, 0.2) is 0 Å². The lowest BCUT2D eigenvalue weighted by molar-refractivity contribution is -0.133. The minimum Gasteiger partial charge on any atom is -0.390 e. The lowest BCUT2D eigenvalue weighted by atomic mass is 9.96. The summed E-state index contributed by atoms with van der Waals surface area (Å²) in [5.41, 5.74) is 3.29. The highest BCUT2D eigenvalue weighted by atomic mass is 16.5. The maximum atomic E-state index is 10.1. The summed E-state index contributed by atoms with van der Waals surface area (Å²) >= 11 is 0. The molecule has 6 nitrogen and oxygen atoms in total. The third-order valence-corrected chi connectivity index (χ3v) is 3.77. The number of aromatic nitrogens is 2. The maximum Gasteiger partial charge on any atom is 0.107 e. The topological polar surface area (TPSA) is 79.4 Å². The number of aliphatic hydroxyl groups is 1. The Morgan fingerprint density at radius 3 is 2.89 bits per heavy atom. The van der Waals surface area contributed by atoms with E-state index in [1.54, 1.807) is 7.11 Å². The molecule has 6 heteroatoms. The van der Waals surface area contributed by atoms with E-state index in [2.05, 4.69) is 15.5 Å². The van der Waals surface area contributed by atoms with Gasteiger partial charge in [0.2, 0.25) is 0 Å². The Morgan fingerprint density at radius 2 is 2.26 bits per heavy atom. The molecule has 1 aromatic rings. The SMILES string of the molecule is CO[C@@H]1COC[C@@H](CNCc2c(C)n[nH]c2C)[C@@H]1O. The molecule has 0 aliphatic carbocycles. The largest absolute Gasteiger partial charge is 0.390 e. The van der Waals surface area contributed by atoms with Crippen LogP contribution in [0.3, 0.4) is 0 Å². The van der Waals surface area contributed by atoms with Crippen LogP contribution in [0.4, 0.5) is 0 Å². The second-order valence-electron chi connectivity index (χ2n) is 5.11. The average molecular weight is 269 g/mol.